The van der Waals surface area contributed by atoms with Crippen LogP contribution in [0.5, 0.6) is 0 Å². The quantitative estimate of drug-likeness (QED) is 0.899. The zero-order chi connectivity index (χ0) is 13.8. The number of thiophene rings is 1. The topological polar surface area (TPSA) is 18.5 Å². The van der Waals surface area contributed by atoms with E-state index in [1.165, 1.54) is 24.4 Å². The van der Waals surface area contributed by atoms with Crippen LogP contribution in [-0.4, -0.2) is 56.1 Å². The van der Waals surface area contributed by atoms with Crippen LogP contribution in [0.3, 0.4) is 0 Å². The smallest absolute Gasteiger partial charge is 0.0991 e. The second kappa shape index (κ2) is 7.25. The molecular formula is C13H21Cl2N3S. The van der Waals surface area contributed by atoms with Gasteiger partial charge in [0.2, 0.25) is 0 Å². The Morgan fingerprint density at radius 2 is 2.00 bits per heavy atom. The highest BCUT2D eigenvalue weighted by atomic mass is 35.5. The minimum absolute atomic E-state index is 0.253. The van der Waals surface area contributed by atoms with Gasteiger partial charge in [0, 0.05) is 45.3 Å². The molecule has 1 aliphatic rings. The van der Waals surface area contributed by atoms with E-state index in [0.29, 0.717) is 0 Å². The molecule has 2 heterocycles. The first-order valence-corrected chi connectivity index (χ1v) is 8.22. The van der Waals surface area contributed by atoms with Crippen LogP contribution in [-0.2, 0) is 0 Å². The van der Waals surface area contributed by atoms with E-state index in [1.807, 2.05) is 6.07 Å². The van der Waals surface area contributed by atoms with Crippen molar-refractivity contribution < 1.29 is 0 Å². The SMILES string of the molecule is CC(NCCN1CCN(C)CC1)c1cc(Cl)sc1Cl. The lowest BCUT2D eigenvalue weighted by molar-refractivity contribution is 0.154. The van der Waals surface area contributed by atoms with Gasteiger partial charge in [-0.25, -0.2) is 0 Å². The van der Waals surface area contributed by atoms with Crippen LogP contribution in [0, 0.1) is 0 Å². The summed E-state index contributed by atoms with van der Waals surface area (Å²) >= 11 is 13.6. The summed E-state index contributed by atoms with van der Waals surface area (Å²) in [6, 6.07) is 2.21. The predicted molar refractivity (Wildman–Crippen MR) is 84.7 cm³/mol. The number of piperazine rings is 1. The average Bonchev–Trinajstić information content (AvgIpc) is 2.71. The van der Waals surface area contributed by atoms with Crippen molar-refractivity contribution in [2.24, 2.45) is 0 Å². The van der Waals surface area contributed by atoms with Crippen LogP contribution in [0.15, 0.2) is 6.07 Å². The van der Waals surface area contributed by atoms with E-state index in [0.717, 1.165) is 40.4 Å². The first kappa shape index (κ1) is 15.5. The van der Waals surface area contributed by atoms with Gasteiger partial charge in [-0.2, -0.15) is 0 Å². The molecule has 1 aliphatic heterocycles. The Balaban J connectivity index is 1.72. The van der Waals surface area contributed by atoms with Crippen LogP contribution in [0.2, 0.25) is 8.67 Å². The van der Waals surface area contributed by atoms with Crippen LogP contribution in [0.25, 0.3) is 0 Å². The number of nitrogens with one attached hydrogen (secondary N) is 1. The Kier molecular flexibility index (Phi) is 5.93. The molecule has 19 heavy (non-hydrogen) atoms. The van der Waals surface area contributed by atoms with Crippen LogP contribution < -0.4 is 5.32 Å². The van der Waals surface area contributed by atoms with Crippen LogP contribution in [0.4, 0.5) is 0 Å². The molecule has 3 nitrogen and oxygen atoms in total. The Bertz CT molecular complexity index is 403. The fourth-order valence-corrected chi connectivity index (χ4v) is 3.91. The number of hydrogen-bond donors (Lipinski definition) is 1. The number of nitrogens with zero attached hydrogens (tertiary/aromatic N) is 2. The number of rotatable bonds is 5. The van der Waals surface area contributed by atoms with Crippen molar-refractivity contribution in [2.45, 2.75) is 13.0 Å². The van der Waals surface area contributed by atoms with Crippen molar-refractivity contribution in [2.75, 3.05) is 46.3 Å². The van der Waals surface area contributed by atoms with Crippen molar-refractivity contribution in [3.63, 3.8) is 0 Å². The minimum atomic E-state index is 0.253. The Morgan fingerprint density at radius 3 is 2.58 bits per heavy atom. The predicted octanol–water partition coefficient (Wildman–Crippen LogP) is 2.95. The maximum absolute atomic E-state index is 6.16. The third-order valence-corrected chi connectivity index (χ3v) is 5.14. The van der Waals surface area contributed by atoms with Crippen molar-refractivity contribution in [1.82, 2.24) is 15.1 Å². The largest absolute Gasteiger partial charge is 0.309 e. The Morgan fingerprint density at radius 1 is 1.32 bits per heavy atom. The minimum Gasteiger partial charge on any atom is -0.309 e. The lowest BCUT2D eigenvalue weighted by Crippen LogP contribution is -2.46. The fraction of sp³-hybridized carbons (Fsp3) is 0.692. The second-order valence-corrected chi connectivity index (χ2v) is 7.39. The fourth-order valence-electron chi connectivity index (χ4n) is 2.27. The summed E-state index contributed by atoms with van der Waals surface area (Å²) in [5, 5.41) is 3.52. The zero-order valence-corrected chi connectivity index (χ0v) is 13.8. The number of likely N-dealkylation sites (N-methyl/N-ethyl adjacent to an activating group) is 1. The van der Waals surface area contributed by atoms with Crippen molar-refractivity contribution in [3.05, 3.63) is 20.3 Å². The summed E-state index contributed by atoms with van der Waals surface area (Å²) in [6.45, 7) is 8.87. The third-order valence-electron chi connectivity index (χ3n) is 3.62. The first-order chi connectivity index (χ1) is 9.06. The lowest BCUT2D eigenvalue weighted by Gasteiger charge is -2.32. The molecule has 108 valence electrons. The first-order valence-electron chi connectivity index (χ1n) is 6.65. The molecule has 6 heteroatoms. The molecule has 0 radical (unpaired) electrons. The highest BCUT2D eigenvalue weighted by Crippen LogP contribution is 2.34. The van der Waals surface area contributed by atoms with E-state index in [1.54, 1.807) is 0 Å². The highest BCUT2D eigenvalue weighted by Gasteiger charge is 2.15. The monoisotopic (exact) mass is 321 g/mol. The summed E-state index contributed by atoms with van der Waals surface area (Å²) in [5.41, 5.74) is 1.11. The molecule has 0 aliphatic carbocycles. The van der Waals surface area contributed by atoms with E-state index in [2.05, 4.69) is 29.1 Å². The molecule has 1 N–H and O–H groups in total. The summed E-state index contributed by atoms with van der Waals surface area (Å²) < 4.78 is 1.55. The summed E-state index contributed by atoms with van der Waals surface area (Å²) in [7, 11) is 2.18. The average molecular weight is 322 g/mol. The van der Waals surface area contributed by atoms with Crippen molar-refractivity contribution in [1.29, 1.82) is 0 Å². The molecule has 1 unspecified atom stereocenters. The molecule has 1 atom stereocenters. The highest BCUT2D eigenvalue weighted by molar-refractivity contribution is 7.20. The van der Waals surface area contributed by atoms with Crippen molar-refractivity contribution >= 4 is 34.5 Å². The normalized spacial score (nSPS) is 19.8. The van der Waals surface area contributed by atoms with Gasteiger partial charge < -0.3 is 10.2 Å². The second-order valence-electron chi connectivity index (χ2n) is 5.10. The Hall–Kier alpha value is 0.160. The van der Waals surface area contributed by atoms with Crippen LogP contribution >= 0.6 is 34.5 Å². The van der Waals surface area contributed by atoms with Crippen molar-refractivity contribution in [3.8, 4) is 0 Å². The molecule has 1 saturated heterocycles. The van der Waals surface area contributed by atoms with E-state index in [9.17, 15) is 0 Å². The molecule has 0 amide bonds. The molecule has 1 fully saturated rings. The molecule has 1 aromatic heterocycles. The Labute approximate surface area is 129 Å². The molecule has 2 rings (SSSR count). The van der Waals surface area contributed by atoms with E-state index in [4.69, 9.17) is 23.2 Å². The van der Waals surface area contributed by atoms with Gasteiger partial charge in [0.05, 0.1) is 8.67 Å². The molecular weight excluding hydrogens is 301 g/mol. The van der Waals surface area contributed by atoms with Gasteiger partial charge in [-0.1, -0.05) is 23.2 Å². The van der Waals surface area contributed by atoms with Gasteiger partial charge in [-0.15, -0.1) is 11.3 Å². The van der Waals surface area contributed by atoms with E-state index < -0.39 is 0 Å². The van der Waals surface area contributed by atoms with Gasteiger partial charge >= 0.3 is 0 Å². The molecule has 0 saturated carbocycles. The third kappa shape index (κ3) is 4.59. The molecule has 0 aromatic carbocycles. The molecule has 0 bridgehead atoms. The zero-order valence-electron chi connectivity index (χ0n) is 11.5. The van der Waals surface area contributed by atoms with Gasteiger partial charge in [0.1, 0.15) is 0 Å². The van der Waals surface area contributed by atoms with E-state index >= 15 is 0 Å². The maximum Gasteiger partial charge on any atom is 0.0991 e. The summed E-state index contributed by atoms with van der Waals surface area (Å²) in [6.07, 6.45) is 0. The molecule has 0 spiro atoms. The summed E-state index contributed by atoms with van der Waals surface area (Å²) in [5.74, 6) is 0. The standard InChI is InChI=1S/C13H21Cl2N3S/c1-10(11-9-12(14)19-13(11)15)16-3-4-18-7-5-17(2)6-8-18/h9-10,16H,3-8H2,1-2H3. The van der Waals surface area contributed by atoms with Gasteiger partial charge in [0.15, 0.2) is 0 Å². The van der Waals surface area contributed by atoms with Crippen LogP contribution in [0.1, 0.15) is 18.5 Å². The summed E-state index contributed by atoms with van der Waals surface area (Å²) in [4.78, 5) is 4.88. The van der Waals surface area contributed by atoms with E-state index in [-0.39, 0.29) is 6.04 Å². The lowest BCUT2D eigenvalue weighted by atomic mass is 10.2. The van der Waals surface area contributed by atoms with Gasteiger partial charge in [-0.3, -0.25) is 4.90 Å². The number of halogens is 2. The maximum atomic E-state index is 6.16. The molecule has 1 aromatic rings. The van der Waals surface area contributed by atoms with Gasteiger partial charge in [0.25, 0.3) is 0 Å². The van der Waals surface area contributed by atoms with Gasteiger partial charge in [-0.05, 0) is 25.6 Å². The number of hydrogen-bond acceptors (Lipinski definition) is 4.